The third-order valence-corrected chi connectivity index (χ3v) is 1.26. The first kappa shape index (κ1) is 7.65. The van der Waals surface area contributed by atoms with Crippen molar-refractivity contribution in [2.24, 2.45) is 5.29 Å². The molecule has 0 radical (unpaired) electrons. The van der Waals surface area contributed by atoms with E-state index < -0.39 is 0 Å². The molecule has 58 valence electrons. The minimum atomic E-state index is 0.498. The molecule has 0 aliphatic carbocycles. The molecule has 0 amide bonds. The number of hydrogen-bond donors (Lipinski definition) is 1. The molecule has 4 nitrogen and oxygen atoms in total. The van der Waals surface area contributed by atoms with E-state index in [1.165, 1.54) is 0 Å². The van der Waals surface area contributed by atoms with Gasteiger partial charge in [0.05, 0.1) is 5.29 Å². The number of nitrogens with one attached hydrogen (secondary N) is 1. The number of nitrogens with zero attached hydrogens (tertiary/aromatic N) is 2. The van der Waals surface area contributed by atoms with Gasteiger partial charge in [0.15, 0.2) is 0 Å². The second-order valence-corrected chi connectivity index (χ2v) is 2.37. The topological polar surface area (TPSA) is 54.4 Å². The fourth-order valence-electron chi connectivity index (χ4n) is 0.945. The van der Waals surface area contributed by atoms with Crippen molar-refractivity contribution >= 4 is 5.82 Å². The van der Waals surface area contributed by atoms with Crippen molar-refractivity contribution in [2.45, 2.75) is 13.8 Å². The van der Waals surface area contributed by atoms with Crippen molar-refractivity contribution in [3.8, 4) is 0 Å². The summed E-state index contributed by atoms with van der Waals surface area (Å²) in [6, 6.07) is 3.68. The summed E-state index contributed by atoms with van der Waals surface area (Å²) < 4.78 is 0. The number of aryl methyl sites for hydroxylation is 2. The van der Waals surface area contributed by atoms with Gasteiger partial charge >= 0.3 is 0 Å². The van der Waals surface area contributed by atoms with E-state index in [0.717, 1.165) is 11.3 Å². The molecule has 1 aromatic heterocycles. The van der Waals surface area contributed by atoms with Gasteiger partial charge in [0.1, 0.15) is 5.82 Å². The van der Waals surface area contributed by atoms with Gasteiger partial charge in [0.25, 0.3) is 0 Å². The van der Waals surface area contributed by atoms with Crippen LogP contribution in [0.5, 0.6) is 0 Å². The summed E-state index contributed by atoms with van der Waals surface area (Å²) >= 11 is 0. The molecule has 0 bridgehead atoms. The minimum absolute atomic E-state index is 0.498. The lowest BCUT2D eigenvalue weighted by Gasteiger charge is -1.99. The van der Waals surface area contributed by atoms with E-state index in [-0.39, 0.29) is 0 Å². The number of rotatable bonds is 2. The fraction of sp³-hybridized carbons (Fsp3) is 0.286. The molecule has 1 heterocycles. The molecule has 11 heavy (non-hydrogen) atoms. The third-order valence-electron chi connectivity index (χ3n) is 1.26. The smallest absolute Gasteiger partial charge is 0.149 e. The molecule has 0 unspecified atom stereocenters. The summed E-state index contributed by atoms with van der Waals surface area (Å²) in [6.45, 7) is 3.80. The summed E-state index contributed by atoms with van der Waals surface area (Å²) in [5.41, 5.74) is 4.18. The van der Waals surface area contributed by atoms with Crippen LogP contribution in [-0.4, -0.2) is 4.98 Å². The first-order valence-electron chi connectivity index (χ1n) is 3.26. The number of pyridine rings is 1. The summed E-state index contributed by atoms with van der Waals surface area (Å²) in [4.78, 5) is 13.8. The van der Waals surface area contributed by atoms with Crippen LogP contribution in [0.3, 0.4) is 0 Å². The Kier molecular flexibility index (Phi) is 2.15. The van der Waals surface area contributed by atoms with E-state index in [1.54, 1.807) is 6.07 Å². The standard InChI is InChI=1S/C7H9N3O/c1-5-3-6(2)8-7(4-5)9-10-11/h3-4H,1-2H3,(H,8,9,11). The van der Waals surface area contributed by atoms with Crippen LogP contribution < -0.4 is 5.43 Å². The van der Waals surface area contributed by atoms with E-state index >= 15 is 0 Å². The van der Waals surface area contributed by atoms with E-state index in [9.17, 15) is 4.91 Å². The van der Waals surface area contributed by atoms with Gasteiger partial charge in [-0.15, -0.1) is 4.91 Å². The Bertz CT molecular complexity index is 252. The quantitative estimate of drug-likeness (QED) is 0.517. The molecule has 1 aromatic rings. The number of nitroso groups, excluding NO2 is 1. The lowest BCUT2D eigenvalue weighted by molar-refractivity contribution is 1.14. The minimum Gasteiger partial charge on any atom is -0.234 e. The van der Waals surface area contributed by atoms with Crippen LogP contribution in [0, 0.1) is 18.8 Å². The molecule has 0 aromatic carbocycles. The van der Waals surface area contributed by atoms with Crippen LogP contribution in [-0.2, 0) is 0 Å². The van der Waals surface area contributed by atoms with Gasteiger partial charge in [-0.2, -0.15) is 0 Å². The van der Waals surface area contributed by atoms with E-state index in [0.29, 0.717) is 5.82 Å². The second kappa shape index (κ2) is 3.09. The van der Waals surface area contributed by atoms with Crippen LogP contribution >= 0.6 is 0 Å². The van der Waals surface area contributed by atoms with E-state index in [4.69, 9.17) is 0 Å². The summed E-state index contributed by atoms with van der Waals surface area (Å²) in [5, 5.41) is 2.53. The third kappa shape index (κ3) is 2.00. The lowest BCUT2D eigenvalue weighted by atomic mass is 10.2. The summed E-state index contributed by atoms with van der Waals surface area (Å²) in [5.74, 6) is 0.498. The maximum Gasteiger partial charge on any atom is 0.149 e. The Morgan fingerprint density at radius 1 is 1.45 bits per heavy atom. The zero-order valence-corrected chi connectivity index (χ0v) is 6.46. The average Bonchev–Trinajstić information content (AvgIpc) is 1.85. The predicted molar refractivity (Wildman–Crippen MR) is 43.1 cm³/mol. The Morgan fingerprint density at radius 3 is 2.73 bits per heavy atom. The Labute approximate surface area is 64.6 Å². The zero-order chi connectivity index (χ0) is 8.27. The highest BCUT2D eigenvalue weighted by Gasteiger charge is 1.94. The van der Waals surface area contributed by atoms with Gasteiger partial charge in [-0.1, -0.05) is 0 Å². The highest BCUT2D eigenvalue weighted by atomic mass is 16.3. The van der Waals surface area contributed by atoms with Crippen LogP contribution in [0.1, 0.15) is 11.3 Å². The van der Waals surface area contributed by atoms with Gasteiger partial charge in [-0.3, -0.25) is 0 Å². The Balaban J connectivity index is 2.98. The molecule has 0 saturated heterocycles. The van der Waals surface area contributed by atoms with Crippen molar-refractivity contribution in [1.82, 2.24) is 4.98 Å². The van der Waals surface area contributed by atoms with Crippen LogP contribution in [0.25, 0.3) is 0 Å². The molecule has 1 rings (SSSR count). The monoisotopic (exact) mass is 151 g/mol. The Morgan fingerprint density at radius 2 is 2.18 bits per heavy atom. The van der Waals surface area contributed by atoms with Gasteiger partial charge in [0, 0.05) is 5.69 Å². The molecule has 0 spiro atoms. The first-order valence-corrected chi connectivity index (χ1v) is 3.26. The molecule has 4 heteroatoms. The molecule has 0 aliphatic heterocycles. The summed E-state index contributed by atoms with van der Waals surface area (Å²) in [7, 11) is 0. The maximum atomic E-state index is 9.80. The normalized spacial score (nSPS) is 9.27. The number of anilines is 1. The molecule has 0 fully saturated rings. The van der Waals surface area contributed by atoms with E-state index in [1.807, 2.05) is 19.9 Å². The van der Waals surface area contributed by atoms with Crippen LogP contribution in [0.15, 0.2) is 17.4 Å². The lowest BCUT2D eigenvalue weighted by Crippen LogP contribution is -1.92. The highest BCUT2D eigenvalue weighted by Crippen LogP contribution is 2.08. The number of aromatic nitrogens is 1. The first-order chi connectivity index (χ1) is 5.22. The SMILES string of the molecule is Cc1cc(C)nc(NN=O)c1. The van der Waals surface area contributed by atoms with Crippen molar-refractivity contribution in [2.75, 3.05) is 5.43 Å². The largest absolute Gasteiger partial charge is 0.234 e. The van der Waals surface area contributed by atoms with Gasteiger partial charge in [-0.05, 0) is 31.5 Å². The molecule has 1 N–H and O–H groups in total. The van der Waals surface area contributed by atoms with Crippen LogP contribution in [0.4, 0.5) is 5.82 Å². The average molecular weight is 151 g/mol. The maximum absolute atomic E-state index is 9.80. The van der Waals surface area contributed by atoms with Crippen molar-refractivity contribution in [1.29, 1.82) is 0 Å². The molecule has 0 atom stereocenters. The van der Waals surface area contributed by atoms with Crippen molar-refractivity contribution in [3.05, 3.63) is 28.3 Å². The molecular formula is C7H9N3O. The summed E-state index contributed by atoms with van der Waals surface area (Å²) in [6.07, 6.45) is 0. The zero-order valence-electron chi connectivity index (χ0n) is 6.46. The second-order valence-electron chi connectivity index (χ2n) is 2.37. The van der Waals surface area contributed by atoms with Gasteiger partial charge in [0.2, 0.25) is 0 Å². The van der Waals surface area contributed by atoms with Crippen molar-refractivity contribution < 1.29 is 0 Å². The van der Waals surface area contributed by atoms with Gasteiger partial charge < -0.3 is 0 Å². The molecular weight excluding hydrogens is 142 g/mol. The Hall–Kier alpha value is -1.45. The predicted octanol–water partition coefficient (Wildman–Crippen LogP) is 1.79. The molecule has 0 saturated carbocycles. The van der Waals surface area contributed by atoms with Crippen molar-refractivity contribution in [3.63, 3.8) is 0 Å². The molecule has 0 aliphatic rings. The van der Waals surface area contributed by atoms with Gasteiger partial charge in [-0.25, -0.2) is 10.4 Å². The number of hydrogen-bond acceptors (Lipinski definition) is 3. The fourth-order valence-corrected chi connectivity index (χ4v) is 0.945. The van der Waals surface area contributed by atoms with E-state index in [2.05, 4.69) is 15.7 Å². The highest BCUT2D eigenvalue weighted by molar-refractivity contribution is 5.37. The van der Waals surface area contributed by atoms with Crippen LogP contribution in [0.2, 0.25) is 0 Å².